The SMILES string of the molecule is C[SH](C)(C)(C)CCOCn1cc(C(=O)NN)c2c(Oc3ccc4c(c3)CN(C=O)CC4)ccnc21. The van der Waals surface area contributed by atoms with Crippen molar-refractivity contribution in [1.29, 1.82) is 0 Å². The van der Waals surface area contributed by atoms with Crippen molar-refractivity contribution in [3.63, 3.8) is 0 Å². The number of carbonyl (C=O) groups excluding carboxylic acids is 2. The molecule has 0 saturated carbocycles. The Hall–Kier alpha value is -3.08. The number of nitrogens with zero attached hydrogens (tertiary/aromatic N) is 3. The summed E-state index contributed by atoms with van der Waals surface area (Å²) in [5.41, 5.74) is 5.40. The first kappa shape index (κ1) is 25.0. The van der Waals surface area contributed by atoms with E-state index in [0.29, 0.717) is 47.8 Å². The maximum atomic E-state index is 12.6. The zero-order valence-corrected chi connectivity index (χ0v) is 21.7. The molecule has 1 aromatic carbocycles. The van der Waals surface area contributed by atoms with E-state index in [1.165, 1.54) is 5.56 Å². The Labute approximate surface area is 205 Å². The number of amides is 2. The summed E-state index contributed by atoms with van der Waals surface area (Å²) < 4.78 is 14.0. The number of benzene rings is 1. The Kier molecular flexibility index (Phi) is 6.81. The molecule has 1 aliphatic heterocycles. The van der Waals surface area contributed by atoms with Gasteiger partial charge < -0.3 is 18.9 Å². The number of nitrogens with one attached hydrogen (secondary N) is 1. The molecule has 0 fully saturated rings. The highest BCUT2D eigenvalue weighted by Crippen LogP contribution is 2.54. The quantitative estimate of drug-likeness (QED) is 0.104. The van der Waals surface area contributed by atoms with Gasteiger partial charge in [-0.15, -0.1) is 0 Å². The van der Waals surface area contributed by atoms with Gasteiger partial charge in [-0.3, -0.25) is 24.2 Å². The van der Waals surface area contributed by atoms with Gasteiger partial charge in [0.1, 0.15) is 23.9 Å². The molecule has 0 radical (unpaired) electrons. The minimum atomic E-state index is -1.67. The van der Waals surface area contributed by atoms with E-state index in [1.54, 1.807) is 27.9 Å². The Balaban J connectivity index is 1.63. The number of carbonyl (C=O) groups is 2. The molecular weight excluding hydrogens is 466 g/mol. The second-order valence-corrected chi connectivity index (χ2v) is 19.4. The molecule has 2 amide bonds. The van der Waals surface area contributed by atoms with Crippen molar-refractivity contribution < 1.29 is 19.1 Å². The third-order valence-corrected chi connectivity index (χ3v) is 8.02. The number of nitrogen functional groups attached to an aromatic ring is 1. The van der Waals surface area contributed by atoms with Crippen LogP contribution in [0.4, 0.5) is 0 Å². The van der Waals surface area contributed by atoms with E-state index in [-0.39, 0.29) is 6.73 Å². The first-order chi connectivity index (χ1) is 16.5. The third-order valence-electron chi connectivity index (χ3n) is 6.05. The molecule has 190 valence electrons. The van der Waals surface area contributed by atoms with Crippen LogP contribution in [0.25, 0.3) is 11.0 Å². The summed E-state index contributed by atoms with van der Waals surface area (Å²) in [6, 6.07) is 7.60. The third kappa shape index (κ3) is 5.95. The Bertz CT molecular complexity index is 1250. The van der Waals surface area contributed by atoms with Gasteiger partial charge in [0.05, 0.1) is 17.6 Å². The van der Waals surface area contributed by atoms with Crippen LogP contribution < -0.4 is 16.0 Å². The topological polar surface area (TPSA) is 112 Å². The molecule has 0 atom stereocenters. The van der Waals surface area contributed by atoms with Gasteiger partial charge >= 0.3 is 0 Å². The molecule has 3 N–H and O–H groups in total. The highest BCUT2D eigenvalue weighted by Gasteiger charge is 2.22. The van der Waals surface area contributed by atoms with Crippen molar-refractivity contribution >= 4 is 32.5 Å². The van der Waals surface area contributed by atoms with Crippen molar-refractivity contribution in [3.05, 3.63) is 53.3 Å². The van der Waals surface area contributed by atoms with Crippen LogP contribution in [0.1, 0.15) is 21.5 Å². The summed E-state index contributed by atoms with van der Waals surface area (Å²) >= 11 is 0. The van der Waals surface area contributed by atoms with E-state index in [0.717, 1.165) is 24.1 Å². The van der Waals surface area contributed by atoms with E-state index in [1.807, 2.05) is 18.2 Å². The van der Waals surface area contributed by atoms with Gasteiger partial charge in [-0.1, -0.05) is 6.07 Å². The molecule has 3 aromatic rings. The lowest BCUT2D eigenvalue weighted by Crippen LogP contribution is -2.29. The highest BCUT2D eigenvalue weighted by atomic mass is 32.3. The van der Waals surface area contributed by atoms with Gasteiger partial charge in [-0.05, 0) is 66.5 Å². The van der Waals surface area contributed by atoms with Crippen molar-refractivity contribution in [2.45, 2.75) is 19.7 Å². The number of hydrogen-bond donors (Lipinski definition) is 3. The largest absolute Gasteiger partial charge is 0.457 e. The van der Waals surface area contributed by atoms with Crippen molar-refractivity contribution in [1.82, 2.24) is 19.9 Å². The lowest BCUT2D eigenvalue weighted by atomic mass is 10.00. The van der Waals surface area contributed by atoms with Crippen molar-refractivity contribution in [2.75, 3.05) is 43.9 Å². The number of hydrazine groups is 1. The Morgan fingerprint density at radius 1 is 1.23 bits per heavy atom. The molecule has 0 aliphatic carbocycles. The highest BCUT2D eigenvalue weighted by molar-refractivity contribution is 8.47. The molecule has 10 heteroatoms. The van der Waals surface area contributed by atoms with Crippen LogP contribution in [-0.4, -0.2) is 70.7 Å². The normalized spacial score (nSPS) is 14.8. The van der Waals surface area contributed by atoms with Gasteiger partial charge in [-0.25, -0.2) is 10.8 Å². The van der Waals surface area contributed by atoms with E-state index in [4.69, 9.17) is 15.3 Å². The standard InChI is InChI=1S/C25H35N5O4S/c1-35(2,3,4)12-11-33-17-30-15-21(25(32)28-26)23-22(7-9-27-24(23)30)34-20-6-5-18-8-10-29(16-31)14-19(18)13-20/h5-7,9,13,15-16,35H,8,10-12,14,17,26H2,1-4H3,(H,28,32). The average Bonchev–Trinajstić information content (AvgIpc) is 3.19. The molecule has 2 aromatic heterocycles. The molecule has 4 rings (SSSR count). The first-order valence-electron chi connectivity index (χ1n) is 11.6. The predicted octanol–water partition coefficient (Wildman–Crippen LogP) is 2.51. The summed E-state index contributed by atoms with van der Waals surface area (Å²) in [4.78, 5) is 30.1. The molecule has 1 aliphatic rings. The summed E-state index contributed by atoms with van der Waals surface area (Å²) in [5.74, 6) is 7.14. The molecule has 0 spiro atoms. The Morgan fingerprint density at radius 3 is 2.74 bits per heavy atom. The van der Waals surface area contributed by atoms with Crippen molar-refractivity contribution in [3.8, 4) is 11.5 Å². The van der Waals surface area contributed by atoms with Crippen LogP contribution in [0.15, 0.2) is 36.7 Å². The maximum absolute atomic E-state index is 12.6. The minimum absolute atomic E-state index is 0.262. The smallest absolute Gasteiger partial charge is 0.267 e. The molecule has 9 nitrogen and oxygen atoms in total. The van der Waals surface area contributed by atoms with Gasteiger partial charge in [0, 0.05) is 25.5 Å². The number of ether oxygens (including phenoxy) is 2. The van der Waals surface area contributed by atoms with Gasteiger partial charge in [0.2, 0.25) is 6.41 Å². The van der Waals surface area contributed by atoms with Gasteiger partial charge in [-0.2, -0.15) is 0 Å². The fourth-order valence-electron chi connectivity index (χ4n) is 4.05. The van der Waals surface area contributed by atoms with E-state index < -0.39 is 15.1 Å². The fraction of sp³-hybridized carbons (Fsp3) is 0.400. The molecule has 0 bridgehead atoms. The summed E-state index contributed by atoms with van der Waals surface area (Å²) in [5, 5.41) is 0.558. The lowest BCUT2D eigenvalue weighted by Gasteiger charge is -2.46. The second-order valence-electron chi connectivity index (χ2n) is 11.1. The number of aromatic nitrogens is 2. The molecule has 0 saturated heterocycles. The monoisotopic (exact) mass is 501 g/mol. The number of thiol groups is 1. The van der Waals surface area contributed by atoms with Crippen molar-refractivity contribution in [2.24, 2.45) is 5.84 Å². The number of fused-ring (bicyclic) bond motifs is 2. The summed E-state index contributed by atoms with van der Waals surface area (Å²) in [6.07, 6.45) is 14.3. The van der Waals surface area contributed by atoms with Gasteiger partial charge in [0.25, 0.3) is 5.91 Å². The number of pyridine rings is 1. The van der Waals surface area contributed by atoms with E-state index in [9.17, 15) is 9.59 Å². The fourth-order valence-corrected chi connectivity index (χ4v) is 4.91. The van der Waals surface area contributed by atoms with Crippen LogP contribution in [-0.2, 0) is 29.2 Å². The van der Waals surface area contributed by atoms with Gasteiger partial charge in [0.15, 0.2) is 0 Å². The molecule has 35 heavy (non-hydrogen) atoms. The zero-order valence-electron chi connectivity index (χ0n) is 20.8. The molecule has 0 unspecified atom stereocenters. The summed E-state index contributed by atoms with van der Waals surface area (Å²) in [7, 11) is -1.67. The number of rotatable bonds is 9. The van der Waals surface area contributed by atoms with E-state index in [2.05, 4.69) is 35.4 Å². The summed E-state index contributed by atoms with van der Waals surface area (Å²) in [6.45, 7) is 2.15. The first-order valence-corrected chi connectivity index (χ1v) is 15.8. The molecule has 3 heterocycles. The minimum Gasteiger partial charge on any atom is -0.457 e. The number of hydrogen-bond acceptors (Lipinski definition) is 6. The van der Waals surface area contributed by atoms with Crippen LogP contribution in [0.3, 0.4) is 0 Å². The van der Waals surface area contributed by atoms with E-state index >= 15 is 0 Å². The number of nitrogens with two attached hydrogens (primary N) is 1. The molecular formula is C25H35N5O4S. The second kappa shape index (κ2) is 9.52. The zero-order chi connectivity index (χ0) is 25.2. The van der Waals surface area contributed by atoms with Crippen LogP contribution in [0.5, 0.6) is 11.5 Å². The van der Waals surface area contributed by atoms with Crippen LogP contribution in [0, 0.1) is 0 Å². The average molecular weight is 502 g/mol. The predicted molar refractivity (Wildman–Crippen MR) is 142 cm³/mol. The van der Waals surface area contributed by atoms with Crippen LogP contribution >= 0.6 is 9.16 Å². The van der Waals surface area contributed by atoms with Crippen LogP contribution in [0.2, 0.25) is 0 Å². The maximum Gasteiger partial charge on any atom is 0.267 e. The lowest BCUT2D eigenvalue weighted by molar-refractivity contribution is -0.118. The Morgan fingerprint density at radius 2 is 2.03 bits per heavy atom.